The van der Waals surface area contributed by atoms with E-state index in [0.29, 0.717) is 27.6 Å². The van der Waals surface area contributed by atoms with Gasteiger partial charge in [0.25, 0.3) is 0 Å². The zero-order chi connectivity index (χ0) is 17.6. The zero-order valence-corrected chi connectivity index (χ0v) is 13.8. The van der Waals surface area contributed by atoms with Gasteiger partial charge in [-0.2, -0.15) is 0 Å². The maximum atomic E-state index is 12.4. The fourth-order valence-corrected chi connectivity index (χ4v) is 3.37. The van der Waals surface area contributed by atoms with Crippen LogP contribution in [0.4, 0.5) is 0 Å². The first-order chi connectivity index (χ1) is 12.2. The highest BCUT2D eigenvalue weighted by Crippen LogP contribution is 2.47. The number of phenols is 1. The molecule has 0 bridgehead atoms. The van der Waals surface area contributed by atoms with Crippen LogP contribution in [0.5, 0.6) is 11.5 Å². The maximum Gasteiger partial charge on any atom is 0.341 e. The van der Waals surface area contributed by atoms with Gasteiger partial charge in [-0.15, -0.1) is 0 Å². The smallest absolute Gasteiger partial charge is 0.341 e. The van der Waals surface area contributed by atoms with E-state index in [0.717, 1.165) is 11.1 Å². The van der Waals surface area contributed by atoms with Gasteiger partial charge in [-0.3, -0.25) is 0 Å². The van der Waals surface area contributed by atoms with Crippen molar-refractivity contribution in [2.24, 2.45) is 0 Å². The molecule has 3 aromatic rings. The lowest BCUT2D eigenvalue weighted by molar-refractivity contribution is -0.0940. The highest BCUT2D eigenvalue weighted by molar-refractivity contribution is 6.14. The largest absolute Gasteiger partial charge is 0.504 e. The monoisotopic (exact) mass is 336 g/mol. The van der Waals surface area contributed by atoms with Gasteiger partial charge in [0.05, 0.1) is 12.7 Å². The number of carbonyl (C=O) groups is 1. The number of cyclic esters (lactones) is 1. The minimum absolute atomic E-state index is 0.0284. The molecule has 0 radical (unpaired) electrons. The van der Waals surface area contributed by atoms with Crippen molar-refractivity contribution in [1.82, 2.24) is 0 Å². The van der Waals surface area contributed by atoms with E-state index in [1.165, 1.54) is 20.3 Å². The van der Waals surface area contributed by atoms with E-state index in [2.05, 4.69) is 0 Å². The molecule has 0 saturated carbocycles. The van der Waals surface area contributed by atoms with Gasteiger partial charge in [-0.1, -0.05) is 36.4 Å². The molecule has 0 amide bonds. The van der Waals surface area contributed by atoms with Crippen LogP contribution in [0, 0.1) is 0 Å². The fraction of sp³-hybridized carbons (Fsp3) is 0.150. The average molecular weight is 336 g/mol. The molecular formula is C20H16O5. The Morgan fingerprint density at radius 1 is 1.00 bits per heavy atom. The van der Waals surface area contributed by atoms with Crippen LogP contribution in [0.3, 0.4) is 0 Å². The summed E-state index contributed by atoms with van der Waals surface area (Å²) in [5.74, 6) is -0.167. The molecule has 1 aliphatic heterocycles. The van der Waals surface area contributed by atoms with Crippen molar-refractivity contribution in [2.75, 3.05) is 14.2 Å². The Morgan fingerprint density at radius 3 is 2.40 bits per heavy atom. The van der Waals surface area contributed by atoms with Gasteiger partial charge in [0, 0.05) is 23.4 Å². The molecule has 4 rings (SSSR count). The Kier molecular flexibility index (Phi) is 3.58. The van der Waals surface area contributed by atoms with E-state index in [1.54, 1.807) is 6.07 Å². The lowest BCUT2D eigenvalue weighted by Crippen LogP contribution is -2.20. The number of aromatic hydroxyl groups is 1. The fourth-order valence-electron chi connectivity index (χ4n) is 3.37. The zero-order valence-electron chi connectivity index (χ0n) is 13.8. The molecule has 3 aromatic carbocycles. The molecule has 1 aliphatic rings. The van der Waals surface area contributed by atoms with Gasteiger partial charge >= 0.3 is 5.97 Å². The number of carbonyl (C=O) groups excluding carboxylic acids is 1. The summed E-state index contributed by atoms with van der Waals surface area (Å²) in [5.41, 5.74) is 2.84. The third-order valence-corrected chi connectivity index (χ3v) is 4.44. The molecule has 0 aliphatic carbocycles. The topological polar surface area (TPSA) is 65.0 Å². The number of ether oxygens (including phenoxy) is 3. The summed E-state index contributed by atoms with van der Waals surface area (Å²) in [5, 5.41) is 11.8. The predicted octanol–water partition coefficient (Wildman–Crippen LogP) is 4.04. The quantitative estimate of drug-likeness (QED) is 0.731. The first-order valence-corrected chi connectivity index (χ1v) is 7.81. The second kappa shape index (κ2) is 5.79. The van der Waals surface area contributed by atoms with E-state index in [9.17, 15) is 9.90 Å². The average Bonchev–Trinajstić information content (AvgIpc) is 2.64. The summed E-state index contributed by atoms with van der Waals surface area (Å²) in [7, 11) is 2.95. The molecular weight excluding hydrogens is 320 g/mol. The minimum Gasteiger partial charge on any atom is -0.504 e. The minimum atomic E-state index is -0.870. The first kappa shape index (κ1) is 15.5. The van der Waals surface area contributed by atoms with E-state index in [4.69, 9.17) is 14.2 Å². The molecule has 1 atom stereocenters. The Hall–Kier alpha value is -3.05. The molecule has 0 saturated heterocycles. The van der Waals surface area contributed by atoms with Crippen molar-refractivity contribution in [3.63, 3.8) is 0 Å². The van der Waals surface area contributed by atoms with Crippen LogP contribution in [0.2, 0.25) is 0 Å². The van der Waals surface area contributed by atoms with Crippen LogP contribution in [0.15, 0.2) is 48.5 Å². The molecule has 5 heteroatoms. The molecule has 126 valence electrons. The van der Waals surface area contributed by atoms with Gasteiger partial charge in [-0.25, -0.2) is 4.79 Å². The normalized spacial score (nSPS) is 15.9. The van der Waals surface area contributed by atoms with Gasteiger partial charge in [0.2, 0.25) is 6.29 Å². The van der Waals surface area contributed by atoms with E-state index in [-0.39, 0.29) is 5.75 Å². The van der Waals surface area contributed by atoms with Gasteiger partial charge in [0.1, 0.15) is 0 Å². The number of methoxy groups -OCH3 is 2. The Labute approximate surface area is 144 Å². The van der Waals surface area contributed by atoms with Crippen molar-refractivity contribution in [3.05, 3.63) is 59.7 Å². The van der Waals surface area contributed by atoms with E-state index >= 15 is 0 Å². The molecule has 25 heavy (non-hydrogen) atoms. The number of benzene rings is 3. The summed E-state index contributed by atoms with van der Waals surface area (Å²) in [4.78, 5) is 12.4. The van der Waals surface area contributed by atoms with E-state index in [1.807, 2.05) is 36.4 Å². The van der Waals surface area contributed by atoms with Crippen molar-refractivity contribution in [3.8, 4) is 22.6 Å². The second-order valence-corrected chi connectivity index (χ2v) is 5.77. The Balaban J connectivity index is 2.18. The Bertz CT molecular complexity index is 979. The molecule has 1 N–H and O–H groups in total. The van der Waals surface area contributed by atoms with Crippen molar-refractivity contribution < 1.29 is 24.1 Å². The molecule has 0 unspecified atom stereocenters. The highest BCUT2D eigenvalue weighted by atomic mass is 16.7. The third kappa shape index (κ3) is 2.24. The molecule has 1 heterocycles. The number of hydrogen-bond acceptors (Lipinski definition) is 5. The summed E-state index contributed by atoms with van der Waals surface area (Å²) in [6.45, 7) is 0. The lowest BCUT2D eigenvalue weighted by atomic mass is 9.89. The first-order valence-electron chi connectivity index (χ1n) is 7.81. The predicted molar refractivity (Wildman–Crippen MR) is 92.8 cm³/mol. The summed E-state index contributed by atoms with van der Waals surface area (Å²) < 4.78 is 16.1. The van der Waals surface area contributed by atoms with Gasteiger partial charge in [-0.05, 0) is 23.3 Å². The van der Waals surface area contributed by atoms with Crippen molar-refractivity contribution >= 4 is 16.7 Å². The molecule has 0 aromatic heterocycles. The molecule has 5 nitrogen and oxygen atoms in total. The summed E-state index contributed by atoms with van der Waals surface area (Å²) in [6, 6.07) is 14.8. The van der Waals surface area contributed by atoms with Crippen molar-refractivity contribution in [1.29, 1.82) is 0 Å². The van der Waals surface area contributed by atoms with Crippen LogP contribution in [0.1, 0.15) is 22.2 Å². The lowest BCUT2D eigenvalue weighted by Gasteiger charge is -2.26. The highest BCUT2D eigenvalue weighted by Gasteiger charge is 2.32. The molecule has 0 fully saturated rings. The van der Waals surface area contributed by atoms with Crippen LogP contribution >= 0.6 is 0 Å². The number of rotatable bonds is 3. The van der Waals surface area contributed by atoms with Gasteiger partial charge in [0.15, 0.2) is 11.5 Å². The SMILES string of the molecule is COc1c(O)cc2c3c(ccc(-c4ccccc4)c13)C(=O)O[C@H]2OC. The van der Waals surface area contributed by atoms with Crippen LogP contribution < -0.4 is 4.74 Å². The Morgan fingerprint density at radius 2 is 1.72 bits per heavy atom. The van der Waals surface area contributed by atoms with Crippen LogP contribution in [0.25, 0.3) is 21.9 Å². The molecule has 0 spiro atoms. The standard InChI is InChI=1S/C20H16O5/c1-23-18-15(21)10-14-16-13(19(22)25-20(14)24-2)9-8-12(17(16)18)11-6-4-3-5-7-11/h3-10,20-21H,1-2H3/t20-/m1/s1. The number of esters is 1. The van der Waals surface area contributed by atoms with Crippen molar-refractivity contribution in [2.45, 2.75) is 6.29 Å². The summed E-state index contributed by atoms with van der Waals surface area (Å²) >= 11 is 0. The third-order valence-electron chi connectivity index (χ3n) is 4.44. The second-order valence-electron chi connectivity index (χ2n) is 5.77. The van der Waals surface area contributed by atoms with E-state index < -0.39 is 12.3 Å². The van der Waals surface area contributed by atoms with Crippen LogP contribution in [-0.4, -0.2) is 25.3 Å². The van der Waals surface area contributed by atoms with Crippen LogP contribution in [-0.2, 0) is 9.47 Å². The maximum absolute atomic E-state index is 12.4. The number of hydrogen-bond donors (Lipinski definition) is 1. The summed E-state index contributed by atoms with van der Waals surface area (Å²) in [6.07, 6.45) is -0.870. The van der Waals surface area contributed by atoms with Gasteiger partial charge < -0.3 is 19.3 Å². The number of phenolic OH excluding ortho intramolecular Hbond substituents is 1.